The van der Waals surface area contributed by atoms with Crippen LogP contribution in [0, 0.1) is 23.7 Å². The molecule has 0 radical (unpaired) electrons. The van der Waals surface area contributed by atoms with Crippen molar-refractivity contribution in [2.24, 2.45) is 23.7 Å². The van der Waals surface area contributed by atoms with Crippen LogP contribution in [0.15, 0.2) is 36.4 Å². The number of hydrogen-bond donors (Lipinski definition) is 2. The van der Waals surface area contributed by atoms with E-state index in [2.05, 4.69) is 119 Å². The molecule has 2 aromatic carbocycles. The number of aryl methyl sites for hydroxylation is 2. The second-order valence-corrected chi connectivity index (χ2v) is 41.2. The molecule has 0 spiro atoms. The minimum Gasteiger partial charge on any atom is -0.541 e. The molecule has 4 unspecified atom stereocenters. The lowest BCUT2D eigenvalue weighted by molar-refractivity contribution is -0.144. The van der Waals surface area contributed by atoms with Crippen LogP contribution in [-0.2, 0) is 31.9 Å². The average molecular weight is 1080 g/mol. The summed E-state index contributed by atoms with van der Waals surface area (Å²) in [5.41, 5.74) is 2.43. The molecule has 398 valence electrons. The summed E-state index contributed by atoms with van der Waals surface area (Å²) < 4.78 is 40.4. The zero-order valence-electron chi connectivity index (χ0n) is 45.5. The van der Waals surface area contributed by atoms with Gasteiger partial charge >= 0.3 is 11.9 Å². The lowest BCUT2D eigenvalue weighted by Gasteiger charge is -2.34. The molecule has 0 bridgehead atoms. The molecule has 2 aliphatic heterocycles. The van der Waals surface area contributed by atoms with Gasteiger partial charge in [0.05, 0.1) is 37.3 Å². The number of fused-ring (bicyclic) bond motifs is 1. The van der Waals surface area contributed by atoms with E-state index in [1.807, 2.05) is 0 Å². The van der Waals surface area contributed by atoms with Crippen LogP contribution < -0.4 is 17.7 Å². The molecule has 0 aromatic heterocycles. The quantitative estimate of drug-likeness (QED) is 0.0498. The summed E-state index contributed by atoms with van der Waals surface area (Å²) in [5, 5.41) is 21.0. The van der Waals surface area contributed by atoms with E-state index in [4.69, 9.17) is 27.2 Å². The van der Waals surface area contributed by atoms with E-state index >= 15 is 0 Å². The normalized spacial score (nSPS) is 19.4. The lowest BCUT2D eigenvalue weighted by atomic mass is 9.83. The van der Waals surface area contributed by atoms with Gasteiger partial charge in [-0.3, -0.25) is 9.59 Å². The number of benzene rings is 2. The van der Waals surface area contributed by atoms with Crippen molar-refractivity contribution >= 4 is 68.7 Å². The van der Waals surface area contributed by atoms with Crippen molar-refractivity contribution in [1.82, 2.24) is 0 Å². The maximum Gasteiger partial charge on any atom is 0.307 e. The molecule has 0 amide bonds. The minimum atomic E-state index is -1.94. The van der Waals surface area contributed by atoms with Crippen molar-refractivity contribution in [2.75, 3.05) is 36.2 Å². The first kappa shape index (κ1) is 60.6. The van der Waals surface area contributed by atoms with Gasteiger partial charge in [-0.1, -0.05) is 95.2 Å². The van der Waals surface area contributed by atoms with Crippen LogP contribution in [0.4, 0.5) is 0 Å². The van der Waals surface area contributed by atoms with Crippen LogP contribution in [0.3, 0.4) is 0 Å². The topological polar surface area (TPSA) is 130 Å². The largest absolute Gasteiger partial charge is 0.541 e. The van der Waals surface area contributed by atoms with E-state index in [0.29, 0.717) is 11.5 Å². The molecule has 4 rings (SSSR count). The number of hydrogen-bond acceptors (Lipinski definition) is 10. The highest BCUT2D eigenvalue weighted by molar-refractivity contribution is 7.99. The first-order chi connectivity index (χ1) is 33.6. The van der Waals surface area contributed by atoms with Crippen molar-refractivity contribution in [1.29, 1.82) is 0 Å². The Morgan fingerprint density at radius 1 is 0.500 bits per heavy atom. The fourth-order valence-electron chi connectivity index (χ4n) is 10.7. The van der Waals surface area contributed by atoms with Crippen LogP contribution in [0.5, 0.6) is 23.0 Å². The Balaban J connectivity index is 1.33. The van der Waals surface area contributed by atoms with Crippen LogP contribution in [0.1, 0.15) is 107 Å². The fourth-order valence-corrected chi connectivity index (χ4v) is 23.3. The van der Waals surface area contributed by atoms with Gasteiger partial charge in [-0.2, -0.15) is 23.5 Å². The summed E-state index contributed by atoms with van der Waals surface area (Å²) in [4.78, 5) is 25.6. The Hall–Kier alpha value is -1.93. The Bertz CT molecular complexity index is 1730. The second-order valence-electron chi connectivity index (χ2n) is 20.1. The maximum absolute atomic E-state index is 12.8. The van der Waals surface area contributed by atoms with Crippen LogP contribution in [-0.4, -0.2) is 104 Å². The summed E-state index contributed by atoms with van der Waals surface area (Å²) in [7, 11) is -7.70. The van der Waals surface area contributed by atoms with Crippen molar-refractivity contribution in [3.8, 4) is 23.0 Å². The van der Waals surface area contributed by atoms with Gasteiger partial charge in [0.15, 0.2) is 0 Å². The summed E-state index contributed by atoms with van der Waals surface area (Å²) in [6, 6.07) is 25.9. The molecule has 2 N–H and O–H groups in total. The molecule has 2 heterocycles. The third-order valence-electron chi connectivity index (χ3n) is 17.0. The zero-order valence-corrected chi connectivity index (χ0v) is 51.1. The van der Waals surface area contributed by atoms with Gasteiger partial charge in [0.2, 0.25) is 0 Å². The summed E-state index contributed by atoms with van der Waals surface area (Å²) in [5.74, 6) is 2.54. The van der Waals surface area contributed by atoms with Crippen LogP contribution >= 0.6 is 23.5 Å². The molecule has 10 nitrogen and oxygen atoms in total. The molecular formula is C54H94O10S2Si4. The fraction of sp³-hybridized carbons (Fsp3) is 0.741. The molecule has 0 saturated carbocycles. The predicted molar refractivity (Wildman–Crippen MR) is 304 cm³/mol. The van der Waals surface area contributed by atoms with Gasteiger partial charge in [0, 0.05) is 23.3 Å². The molecule has 2 aliphatic rings. The highest BCUT2D eigenvalue weighted by Gasteiger charge is 2.54. The van der Waals surface area contributed by atoms with Crippen molar-refractivity contribution in [2.45, 2.75) is 194 Å². The number of thioether (sulfide) groups is 2. The summed E-state index contributed by atoms with van der Waals surface area (Å²) >= 11 is 3.34. The van der Waals surface area contributed by atoms with E-state index in [0.717, 1.165) is 133 Å². The predicted octanol–water partition coefficient (Wildman–Crippen LogP) is 14.7. The van der Waals surface area contributed by atoms with E-state index in [1.165, 1.54) is 11.1 Å². The molecule has 0 aliphatic carbocycles. The smallest absolute Gasteiger partial charge is 0.307 e. The van der Waals surface area contributed by atoms with Gasteiger partial charge in [-0.25, -0.2) is 0 Å². The standard InChI is InChI=1S/C54H94O10S2Si4/c1-13-67(14-2,15-3)61-47-31-29-41(35-49(47)63-69(19-7,20-8)21-9)27-25-33-65-39-45(53(55)56)43-37-59-52-44(38-60-51(43)52)46(54(57)58)40-66-34-26-28-42-30-32-48(62-68(16-4,17-5)18-6)50(36-42)64-70(22-10,23-11)24-12/h29-32,35-36,43-46,51-52H,13-28,33-34,37-40H2,1-12H3,(H,55,56)(H,57,58)/t43-,44+,45?,46?,51?,52?. The molecule has 6 atom stereocenters. The van der Waals surface area contributed by atoms with E-state index < -0.39 is 69.3 Å². The molecule has 16 heteroatoms. The molecule has 2 fully saturated rings. The van der Waals surface area contributed by atoms with Gasteiger partial charge in [-0.05, 0) is 145 Å². The molecular weight excluding hydrogens is 985 g/mol. The van der Waals surface area contributed by atoms with Crippen molar-refractivity contribution in [3.63, 3.8) is 0 Å². The lowest BCUT2D eigenvalue weighted by Crippen LogP contribution is -2.41. The van der Waals surface area contributed by atoms with Gasteiger partial charge < -0.3 is 37.4 Å². The molecule has 2 saturated heterocycles. The monoisotopic (exact) mass is 1080 g/mol. The first-order valence-corrected chi connectivity index (χ1v) is 39.9. The second kappa shape index (κ2) is 29.2. The maximum atomic E-state index is 12.8. The van der Waals surface area contributed by atoms with E-state index in [1.54, 1.807) is 23.5 Å². The van der Waals surface area contributed by atoms with Gasteiger partial charge in [0.25, 0.3) is 33.3 Å². The van der Waals surface area contributed by atoms with Crippen LogP contribution in [0.25, 0.3) is 0 Å². The van der Waals surface area contributed by atoms with E-state index in [9.17, 15) is 19.8 Å². The molecule has 70 heavy (non-hydrogen) atoms. The highest BCUT2D eigenvalue weighted by atomic mass is 32.2. The summed E-state index contributed by atoms with van der Waals surface area (Å²) in [6.45, 7) is 27.6. The third kappa shape index (κ3) is 15.6. The number of aliphatic carboxylic acids is 2. The number of carboxylic acid groups (broad SMARTS) is 2. The number of ether oxygens (including phenoxy) is 2. The number of carboxylic acids is 2. The van der Waals surface area contributed by atoms with Gasteiger partial charge in [0.1, 0.15) is 23.0 Å². The van der Waals surface area contributed by atoms with Gasteiger partial charge in [-0.15, -0.1) is 0 Å². The Morgan fingerprint density at radius 2 is 0.786 bits per heavy atom. The number of carbonyl (C=O) groups is 2. The highest BCUT2D eigenvalue weighted by Crippen LogP contribution is 2.44. The van der Waals surface area contributed by atoms with Crippen molar-refractivity contribution < 1.29 is 47.0 Å². The minimum absolute atomic E-state index is 0.267. The Morgan fingerprint density at radius 3 is 1.06 bits per heavy atom. The third-order valence-corrected chi connectivity index (χ3v) is 37.4. The number of rotatable bonds is 36. The first-order valence-electron chi connectivity index (χ1n) is 27.5. The van der Waals surface area contributed by atoms with Crippen LogP contribution in [0.2, 0.25) is 72.5 Å². The summed E-state index contributed by atoms with van der Waals surface area (Å²) in [6.07, 6.45) is 2.71. The average Bonchev–Trinajstić information content (AvgIpc) is 3.99. The molecule has 2 aromatic rings. The SMILES string of the molecule is CC[Si](CC)(CC)Oc1ccc(CCCSCC(C(=O)O)[C@H]2COC3C2OC[C@H]3C(CSCCCc2ccc(O[Si](CC)(CC)CC)c(O[Si](CC)(CC)CC)c2)C(=O)O)cc1O[Si](CC)(CC)CC. The zero-order chi connectivity index (χ0) is 51.5. The Kier molecular flexibility index (Phi) is 25.3. The van der Waals surface area contributed by atoms with Crippen molar-refractivity contribution in [3.05, 3.63) is 47.5 Å². The Labute approximate surface area is 437 Å². The van der Waals surface area contributed by atoms with E-state index in [-0.39, 0.29) is 25.0 Å².